The van der Waals surface area contributed by atoms with Gasteiger partial charge in [-0.3, -0.25) is 0 Å². The molecule has 20 heavy (non-hydrogen) atoms. The Hall–Kier alpha value is -1.75. The Bertz CT molecular complexity index is 437. The predicted octanol–water partition coefficient (Wildman–Crippen LogP) is 1.99. The van der Waals surface area contributed by atoms with Crippen LogP contribution in [0.3, 0.4) is 0 Å². The summed E-state index contributed by atoms with van der Waals surface area (Å²) in [5, 5.41) is 12.0. The van der Waals surface area contributed by atoms with Gasteiger partial charge in [0.1, 0.15) is 0 Å². The van der Waals surface area contributed by atoms with Gasteiger partial charge in [-0.05, 0) is 43.0 Å². The molecule has 5 heteroatoms. The van der Waals surface area contributed by atoms with E-state index in [1.807, 2.05) is 48.2 Å². The topological polar surface area (TPSA) is 55.8 Å². The van der Waals surface area contributed by atoms with Crippen molar-refractivity contribution >= 4 is 17.4 Å². The number of nitrogens with one attached hydrogen (secondary N) is 1. The molecule has 0 saturated carbocycles. The third-order valence-electron chi connectivity index (χ3n) is 3.79. The van der Waals surface area contributed by atoms with Gasteiger partial charge in [0, 0.05) is 45.2 Å². The average molecular weight is 277 g/mol. The molecule has 1 aliphatic heterocycles. The van der Waals surface area contributed by atoms with Gasteiger partial charge in [-0.25, -0.2) is 4.79 Å². The molecule has 1 fully saturated rings. The molecular formula is C15H23N3O2. The highest BCUT2D eigenvalue weighted by atomic mass is 16.3. The number of aliphatic hydroxyl groups excluding tert-OH is 1. The van der Waals surface area contributed by atoms with Crippen molar-refractivity contribution in [3.8, 4) is 0 Å². The Morgan fingerprint density at radius 1 is 1.30 bits per heavy atom. The van der Waals surface area contributed by atoms with Crippen LogP contribution in [0.15, 0.2) is 24.3 Å². The summed E-state index contributed by atoms with van der Waals surface area (Å²) in [6, 6.07) is 7.72. The molecule has 0 aromatic heterocycles. The Labute approximate surface area is 120 Å². The van der Waals surface area contributed by atoms with Crippen LogP contribution in [0, 0.1) is 5.92 Å². The molecule has 0 unspecified atom stereocenters. The van der Waals surface area contributed by atoms with Crippen molar-refractivity contribution < 1.29 is 9.90 Å². The second-order valence-corrected chi connectivity index (χ2v) is 5.48. The van der Waals surface area contributed by atoms with Crippen molar-refractivity contribution in [1.82, 2.24) is 4.90 Å². The molecule has 1 saturated heterocycles. The molecule has 2 N–H and O–H groups in total. The van der Waals surface area contributed by atoms with Crippen LogP contribution in [0.4, 0.5) is 16.2 Å². The molecule has 5 nitrogen and oxygen atoms in total. The first-order valence-electron chi connectivity index (χ1n) is 7.04. The van der Waals surface area contributed by atoms with Crippen molar-refractivity contribution in [2.24, 2.45) is 5.92 Å². The summed E-state index contributed by atoms with van der Waals surface area (Å²) in [5.41, 5.74) is 1.91. The summed E-state index contributed by atoms with van der Waals surface area (Å²) >= 11 is 0. The molecule has 1 aliphatic rings. The van der Waals surface area contributed by atoms with Gasteiger partial charge in [-0.1, -0.05) is 0 Å². The summed E-state index contributed by atoms with van der Waals surface area (Å²) < 4.78 is 0. The van der Waals surface area contributed by atoms with Crippen LogP contribution < -0.4 is 10.2 Å². The number of nitrogens with zero attached hydrogens (tertiary/aromatic N) is 2. The number of hydrogen-bond donors (Lipinski definition) is 2. The Balaban J connectivity index is 1.88. The number of hydrogen-bond acceptors (Lipinski definition) is 3. The molecule has 1 heterocycles. The fourth-order valence-corrected chi connectivity index (χ4v) is 2.36. The summed E-state index contributed by atoms with van der Waals surface area (Å²) in [4.78, 5) is 16.0. The average Bonchev–Trinajstić information content (AvgIpc) is 2.48. The van der Waals surface area contributed by atoms with Gasteiger partial charge >= 0.3 is 6.03 Å². The lowest BCUT2D eigenvalue weighted by Gasteiger charge is -2.31. The highest BCUT2D eigenvalue weighted by Gasteiger charge is 2.22. The van der Waals surface area contributed by atoms with E-state index in [2.05, 4.69) is 5.32 Å². The largest absolute Gasteiger partial charge is 0.396 e. The quantitative estimate of drug-likeness (QED) is 0.888. The fourth-order valence-electron chi connectivity index (χ4n) is 2.36. The van der Waals surface area contributed by atoms with E-state index in [9.17, 15) is 4.79 Å². The first kappa shape index (κ1) is 14.7. The molecule has 1 aromatic carbocycles. The molecule has 0 bridgehead atoms. The third kappa shape index (κ3) is 3.63. The zero-order chi connectivity index (χ0) is 14.5. The Morgan fingerprint density at radius 2 is 1.90 bits per heavy atom. The standard InChI is InChI=1S/C15H23N3O2/c1-17(2)14-5-3-13(4-6-14)16-15(20)18-9-7-12(11-19)8-10-18/h3-6,12,19H,7-11H2,1-2H3,(H,16,20). The first-order valence-corrected chi connectivity index (χ1v) is 7.04. The zero-order valence-corrected chi connectivity index (χ0v) is 12.2. The zero-order valence-electron chi connectivity index (χ0n) is 12.2. The van der Waals surface area contributed by atoms with E-state index in [-0.39, 0.29) is 12.6 Å². The Kier molecular flexibility index (Phi) is 4.84. The number of carbonyl (C=O) groups excluding carboxylic acids is 1. The lowest BCUT2D eigenvalue weighted by molar-refractivity contribution is 0.143. The molecule has 2 rings (SSSR count). The van der Waals surface area contributed by atoms with Crippen molar-refractivity contribution in [2.75, 3.05) is 44.0 Å². The number of amides is 2. The van der Waals surface area contributed by atoms with Gasteiger partial charge in [-0.2, -0.15) is 0 Å². The van der Waals surface area contributed by atoms with Crippen LogP contribution >= 0.6 is 0 Å². The monoisotopic (exact) mass is 277 g/mol. The van der Waals surface area contributed by atoms with Gasteiger partial charge in [0.25, 0.3) is 0 Å². The predicted molar refractivity (Wildman–Crippen MR) is 81.2 cm³/mol. The molecule has 0 atom stereocenters. The molecule has 1 aromatic rings. The maximum absolute atomic E-state index is 12.1. The molecule has 110 valence electrons. The SMILES string of the molecule is CN(C)c1ccc(NC(=O)N2CCC(CO)CC2)cc1. The lowest BCUT2D eigenvalue weighted by Crippen LogP contribution is -2.41. The number of piperidine rings is 1. The second-order valence-electron chi connectivity index (χ2n) is 5.48. The number of anilines is 2. The molecule has 0 spiro atoms. The van der Waals surface area contributed by atoms with E-state index in [1.54, 1.807) is 0 Å². The maximum Gasteiger partial charge on any atom is 0.321 e. The normalized spacial score (nSPS) is 16.1. The molecule has 2 amide bonds. The van der Waals surface area contributed by atoms with Gasteiger partial charge in [0.15, 0.2) is 0 Å². The molecule has 0 aliphatic carbocycles. The molecular weight excluding hydrogens is 254 g/mol. The third-order valence-corrected chi connectivity index (χ3v) is 3.79. The Morgan fingerprint density at radius 3 is 2.40 bits per heavy atom. The maximum atomic E-state index is 12.1. The van der Waals surface area contributed by atoms with Crippen molar-refractivity contribution in [2.45, 2.75) is 12.8 Å². The second kappa shape index (κ2) is 6.61. The summed E-state index contributed by atoms with van der Waals surface area (Å²) in [7, 11) is 3.97. The van der Waals surface area contributed by atoms with E-state index >= 15 is 0 Å². The van der Waals surface area contributed by atoms with Crippen molar-refractivity contribution in [3.05, 3.63) is 24.3 Å². The minimum absolute atomic E-state index is 0.0565. The first-order chi connectivity index (χ1) is 9.60. The van der Waals surface area contributed by atoms with Crippen LogP contribution in [-0.4, -0.2) is 49.8 Å². The lowest BCUT2D eigenvalue weighted by atomic mass is 9.98. The van der Waals surface area contributed by atoms with Crippen molar-refractivity contribution in [3.63, 3.8) is 0 Å². The van der Waals surface area contributed by atoms with E-state index < -0.39 is 0 Å². The number of carbonyl (C=O) groups is 1. The van der Waals surface area contributed by atoms with Gasteiger partial charge < -0.3 is 20.2 Å². The highest BCUT2D eigenvalue weighted by molar-refractivity contribution is 5.89. The summed E-state index contributed by atoms with van der Waals surface area (Å²) in [5.74, 6) is 0.346. The minimum Gasteiger partial charge on any atom is -0.396 e. The number of benzene rings is 1. The van der Waals surface area contributed by atoms with Gasteiger partial charge in [0.2, 0.25) is 0 Å². The van der Waals surface area contributed by atoms with E-state index in [1.165, 1.54) is 0 Å². The van der Waals surface area contributed by atoms with Crippen molar-refractivity contribution in [1.29, 1.82) is 0 Å². The number of urea groups is 1. The van der Waals surface area contributed by atoms with Gasteiger partial charge in [-0.15, -0.1) is 0 Å². The minimum atomic E-state index is -0.0565. The molecule has 0 radical (unpaired) electrons. The van der Waals surface area contributed by atoms with Crippen LogP contribution in [0.2, 0.25) is 0 Å². The number of aliphatic hydroxyl groups is 1. The van der Waals surface area contributed by atoms with Crippen LogP contribution in [0.5, 0.6) is 0 Å². The van der Waals surface area contributed by atoms with Crippen LogP contribution in [-0.2, 0) is 0 Å². The van der Waals surface area contributed by atoms with Crippen LogP contribution in [0.25, 0.3) is 0 Å². The fraction of sp³-hybridized carbons (Fsp3) is 0.533. The number of rotatable bonds is 3. The number of likely N-dealkylation sites (tertiary alicyclic amines) is 1. The van der Waals surface area contributed by atoms with Crippen LogP contribution in [0.1, 0.15) is 12.8 Å². The smallest absolute Gasteiger partial charge is 0.321 e. The summed E-state index contributed by atoms with van der Waals surface area (Å²) in [6.07, 6.45) is 1.76. The van der Waals surface area contributed by atoms with E-state index in [0.29, 0.717) is 19.0 Å². The highest BCUT2D eigenvalue weighted by Crippen LogP contribution is 2.19. The van der Waals surface area contributed by atoms with E-state index in [0.717, 1.165) is 24.2 Å². The van der Waals surface area contributed by atoms with Gasteiger partial charge in [0.05, 0.1) is 0 Å². The summed E-state index contributed by atoms with van der Waals surface area (Å²) in [6.45, 7) is 1.65. The van der Waals surface area contributed by atoms with E-state index in [4.69, 9.17) is 5.11 Å².